The number of nitrogens with zero attached hydrogens (tertiary/aromatic N) is 1. The van der Waals surface area contributed by atoms with Crippen molar-refractivity contribution in [1.29, 1.82) is 0 Å². The molecule has 0 aliphatic carbocycles. The highest BCUT2D eigenvalue weighted by Crippen LogP contribution is 2.03. The molecular weight excluding hydrogens is 242 g/mol. The Labute approximate surface area is 111 Å². The second-order valence-corrected chi connectivity index (χ2v) is 4.45. The number of hydrogen-bond donors (Lipinski definition) is 2. The second kappa shape index (κ2) is 6.15. The number of benzene rings is 1. The van der Waals surface area contributed by atoms with Crippen molar-refractivity contribution in [2.75, 3.05) is 0 Å². The van der Waals surface area contributed by atoms with Crippen LogP contribution in [0.15, 0.2) is 40.9 Å². The standard InChI is InChI=1S/C14H17N3O2/c1-10-7-12(19-17-10)9-16-14(18)13(15)8-11-5-3-2-4-6-11/h2-7,13H,8-9,15H2,1H3,(H,16,18)/t13-/m0/s1. The summed E-state index contributed by atoms with van der Waals surface area (Å²) >= 11 is 0. The Hall–Kier alpha value is -2.14. The van der Waals surface area contributed by atoms with Crippen molar-refractivity contribution in [2.45, 2.75) is 25.9 Å². The summed E-state index contributed by atoms with van der Waals surface area (Å²) in [5.41, 5.74) is 7.69. The lowest BCUT2D eigenvalue weighted by molar-refractivity contribution is -0.122. The van der Waals surface area contributed by atoms with Gasteiger partial charge in [0.05, 0.1) is 18.3 Å². The van der Waals surface area contributed by atoms with Gasteiger partial charge in [-0.05, 0) is 18.9 Å². The molecule has 0 radical (unpaired) electrons. The first-order chi connectivity index (χ1) is 9.15. The van der Waals surface area contributed by atoms with Gasteiger partial charge in [0.1, 0.15) is 0 Å². The third-order valence-electron chi connectivity index (χ3n) is 2.75. The van der Waals surface area contributed by atoms with E-state index in [2.05, 4.69) is 10.5 Å². The van der Waals surface area contributed by atoms with Crippen LogP contribution in [0, 0.1) is 6.92 Å². The van der Waals surface area contributed by atoms with Crippen LogP contribution in [0.2, 0.25) is 0 Å². The quantitative estimate of drug-likeness (QED) is 0.844. The van der Waals surface area contributed by atoms with Gasteiger partial charge in [-0.15, -0.1) is 0 Å². The van der Waals surface area contributed by atoms with Gasteiger partial charge in [-0.3, -0.25) is 4.79 Å². The van der Waals surface area contributed by atoms with E-state index in [9.17, 15) is 4.79 Å². The highest BCUT2D eigenvalue weighted by atomic mass is 16.5. The van der Waals surface area contributed by atoms with Gasteiger partial charge in [-0.2, -0.15) is 0 Å². The Morgan fingerprint density at radius 1 is 1.42 bits per heavy atom. The number of hydrogen-bond acceptors (Lipinski definition) is 4. The van der Waals surface area contributed by atoms with E-state index in [0.717, 1.165) is 11.3 Å². The smallest absolute Gasteiger partial charge is 0.237 e. The lowest BCUT2D eigenvalue weighted by Crippen LogP contribution is -2.41. The van der Waals surface area contributed by atoms with E-state index < -0.39 is 6.04 Å². The molecule has 0 aliphatic heterocycles. The van der Waals surface area contributed by atoms with Crippen molar-refractivity contribution >= 4 is 5.91 Å². The minimum Gasteiger partial charge on any atom is -0.359 e. The van der Waals surface area contributed by atoms with Crippen LogP contribution >= 0.6 is 0 Å². The van der Waals surface area contributed by atoms with Gasteiger partial charge in [0, 0.05) is 6.07 Å². The maximum absolute atomic E-state index is 11.8. The van der Waals surface area contributed by atoms with Crippen LogP contribution in [0.4, 0.5) is 0 Å². The average molecular weight is 259 g/mol. The molecule has 100 valence electrons. The summed E-state index contributed by atoms with van der Waals surface area (Å²) in [6.07, 6.45) is 0.516. The van der Waals surface area contributed by atoms with Crippen LogP contribution in [0.5, 0.6) is 0 Å². The van der Waals surface area contributed by atoms with Crippen molar-refractivity contribution < 1.29 is 9.32 Å². The van der Waals surface area contributed by atoms with Gasteiger partial charge in [-0.1, -0.05) is 35.5 Å². The fourth-order valence-electron chi connectivity index (χ4n) is 1.77. The molecule has 0 spiro atoms. The first-order valence-corrected chi connectivity index (χ1v) is 6.14. The van der Waals surface area contributed by atoms with Crippen LogP contribution in [0.1, 0.15) is 17.0 Å². The van der Waals surface area contributed by atoms with E-state index in [-0.39, 0.29) is 5.91 Å². The Morgan fingerprint density at radius 2 is 2.16 bits per heavy atom. The number of amides is 1. The van der Waals surface area contributed by atoms with E-state index in [1.807, 2.05) is 37.3 Å². The summed E-state index contributed by atoms with van der Waals surface area (Å²) in [5, 5.41) is 6.48. The molecule has 1 aromatic carbocycles. The van der Waals surface area contributed by atoms with Crippen LogP contribution in [-0.4, -0.2) is 17.1 Å². The molecule has 0 saturated carbocycles. The van der Waals surface area contributed by atoms with Crippen molar-refractivity contribution in [3.05, 3.63) is 53.4 Å². The number of nitrogens with two attached hydrogens (primary N) is 1. The molecule has 2 aromatic rings. The summed E-state index contributed by atoms with van der Waals surface area (Å²) in [5.74, 6) is 0.427. The Balaban J connectivity index is 1.82. The normalized spacial score (nSPS) is 12.1. The molecule has 0 fully saturated rings. The van der Waals surface area contributed by atoms with Gasteiger partial charge in [0.15, 0.2) is 5.76 Å². The van der Waals surface area contributed by atoms with Gasteiger partial charge in [0.25, 0.3) is 0 Å². The first kappa shape index (κ1) is 13.3. The van der Waals surface area contributed by atoms with Crippen molar-refractivity contribution in [3.63, 3.8) is 0 Å². The average Bonchev–Trinajstić information content (AvgIpc) is 2.83. The topological polar surface area (TPSA) is 81.2 Å². The summed E-state index contributed by atoms with van der Waals surface area (Å²) < 4.78 is 5.01. The third-order valence-corrected chi connectivity index (χ3v) is 2.75. The predicted octanol–water partition coefficient (Wildman–Crippen LogP) is 1.17. The van der Waals surface area contributed by atoms with E-state index in [1.54, 1.807) is 6.07 Å². The molecule has 3 N–H and O–H groups in total. The molecule has 1 atom stereocenters. The van der Waals surface area contributed by atoms with E-state index in [4.69, 9.17) is 10.3 Å². The van der Waals surface area contributed by atoms with Crippen LogP contribution in [0.3, 0.4) is 0 Å². The molecule has 5 nitrogen and oxygen atoms in total. The highest BCUT2D eigenvalue weighted by Gasteiger charge is 2.14. The Morgan fingerprint density at radius 3 is 2.79 bits per heavy atom. The fraction of sp³-hybridized carbons (Fsp3) is 0.286. The molecule has 0 bridgehead atoms. The first-order valence-electron chi connectivity index (χ1n) is 6.14. The zero-order chi connectivity index (χ0) is 13.7. The Kier molecular flexibility index (Phi) is 4.30. The van der Waals surface area contributed by atoms with Crippen LogP contribution in [-0.2, 0) is 17.8 Å². The van der Waals surface area contributed by atoms with Crippen molar-refractivity contribution in [3.8, 4) is 0 Å². The number of rotatable bonds is 5. The molecule has 1 heterocycles. The highest BCUT2D eigenvalue weighted by molar-refractivity contribution is 5.81. The van der Waals surface area contributed by atoms with E-state index in [0.29, 0.717) is 18.7 Å². The molecule has 1 aromatic heterocycles. The number of aryl methyl sites for hydroxylation is 1. The zero-order valence-electron chi connectivity index (χ0n) is 10.8. The molecule has 0 saturated heterocycles. The minimum absolute atomic E-state index is 0.196. The lowest BCUT2D eigenvalue weighted by atomic mass is 10.1. The van der Waals surface area contributed by atoms with Crippen molar-refractivity contribution in [1.82, 2.24) is 10.5 Å². The molecule has 2 rings (SSSR count). The number of carbonyl (C=O) groups excluding carboxylic acids is 1. The minimum atomic E-state index is -0.564. The molecule has 0 unspecified atom stereocenters. The number of aromatic nitrogens is 1. The zero-order valence-corrected chi connectivity index (χ0v) is 10.8. The molecule has 0 aliphatic rings. The maximum atomic E-state index is 11.8. The molecule has 1 amide bonds. The summed E-state index contributed by atoms with van der Waals surface area (Å²) in [7, 11) is 0. The molecule has 5 heteroatoms. The largest absolute Gasteiger partial charge is 0.359 e. The second-order valence-electron chi connectivity index (χ2n) is 4.45. The van der Waals surface area contributed by atoms with Crippen molar-refractivity contribution in [2.24, 2.45) is 5.73 Å². The maximum Gasteiger partial charge on any atom is 0.237 e. The third kappa shape index (κ3) is 3.93. The van der Waals surface area contributed by atoms with E-state index >= 15 is 0 Å². The fourth-order valence-corrected chi connectivity index (χ4v) is 1.77. The lowest BCUT2D eigenvalue weighted by Gasteiger charge is -2.11. The number of carbonyl (C=O) groups is 1. The van der Waals surface area contributed by atoms with Gasteiger partial charge in [-0.25, -0.2) is 0 Å². The van der Waals surface area contributed by atoms with Gasteiger partial charge in [0.2, 0.25) is 5.91 Å². The monoisotopic (exact) mass is 259 g/mol. The number of nitrogens with one attached hydrogen (secondary N) is 1. The summed E-state index contributed by atoms with van der Waals surface area (Å²) in [6, 6.07) is 10.9. The Bertz CT molecular complexity index is 537. The molecular formula is C14H17N3O2. The van der Waals surface area contributed by atoms with E-state index in [1.165, 1.54) is 0 Å². The molecule has 19 heavy (non-hydrogen) atoms. The van der Waals surface area contributed by atoms with Gasteiger partial charge >= 0.3 is 0 Å². The van der Waals surface area contributed by atoms with Crippen LogP contribution < -0.4 is 11.1 Å². The SMILES string of the molecule is Cc1cc(CNC(=O)[C@@H](N)Cc2ccccc2)on1. The summed E-state index contributed by atoms with van der Waals surface area (Å²) in [6.45, 7) is 2.14. The van der Waals surface area contributed by atoms with Gasteiger partial charge < -0.3 is 15.6 Å². The summed E-state index contributed by atoms with van der Waals surface area (Å²) in [4.78, 5) is 11.8. The predicted molar refractivity (Wildman–Crippen MR) is 71.2 cm³/mol. The van der Waals surface area contributed by atoms with Crippen LogP contribution in [0.25, 0.3) is 0 Å².